The van der Waals surface area contributed by atoms with Crippen LogP contribution in [0.4, 0.5) is 10.5 Å². The first kappa shape index (κ1) is 20.6. The molecule has 3 rings (SSSR count). The van der Waals surface area contributed by atoms with Gasteiger partial charge in [0.25, 0.3) is 0 Å². The summed E-state index contributed by atoms with van der Waals surface area (Å²) in [5.74, 6) is 0.659. The summed E-state index contributed by atoms with van der Waals surface area (Å²) in [6, 6.07) is 7.96. The molecule has 0 spiro atoms. The molecule has 154 valence electrons. The molecule has 2 aliphatic heterocycles. The monoisotopic (exact) mass is 388 g/mol. The highest BCUT2D eigenvalue weighted by Gasteiger charge is 2.29. The summed E-state index contributed by atoms with van der Waals surface area (Å²) >= 11 is 0. The van der Waals surface area contributed by atoms with Crippen molar-refractivity contribution >= 4 is 11.7 Å². The Balaban J connectivity index is 1.46. The van der Waals surface area contributed by atoms with Crippen molar-refractivity contribution in [3.05, 3.63) is 36.9 Å². The fourth-order valence-electron chi connectivity index (χ4n) is 3.97. The second-order valence-corrected chi connectivity index (χ2v) is 7.35. The largest absolute Gasteiger partial charge is 0.487 e. The van der Waals surface area contributed by atoms with E-state index in [-0.39, 0.29) is 12.6 Å². The summed E-state index contributed by atoms with van der Waals surface area (Å²) < 4.78 is 5.62. The molecule has 7 heteroatoms. The maximum atomic E-state index is 12.7. The average molecular weight is 389 g/mol. The number of nitrogens with one attached hydrogen (secondary N) is 1. The SMILES string of the molecule is C=CCOc1ccccc1NC(=O)N1CCC(N2CCN(CCO)CC2)CC1. The molecule has 2 amide bonds. The fourth-order valence-corrected chi connectivity index (χ4v) is 3.97. The van der Waals surface area contributed by atoms with Crippen LogP contribution in [-0.4, -0.2) is 90.9 Å². The molecule has 0 unspecified atom stereocenters. The Morgan fingerprint density at radius 1 is 1.18 bits per heavy atom. The van der Waals surface area contributed by atoms with E-state index in [9.17, 15) is 4.79 Å². The molecule has 0 radical (unpaired) electrons. The number of piperidine rings is 1. The number of hydrogen-bond donors (Lipinski definition) is 2. The second-order valence-electron chi connectivity index (χ2n) is 7.35. The third-order valence-electron chi connectivity index (χ3n) is 5.58. The van der Waals surface area contributed by atoms with Crippen molar-refractivity contribution in [1.82, 2.24) is 14.7 Å². The Hall–Kier alpha value is -2.09. The predicted octanol–water partition coefficient (Wildman–Crippen LogP) is 1.86. The van der Waals surface area contributed by atoms with Crippen LogP contribution < -0.4 is 10.1 Å². The second kappa shape index (κ2) is 10.5. The minimum atomic E-state index is -0.0686. The molecule has 2 N–H and O–H groups in total. The van der Waals surface area contributed by atoms with Gasteiger partial charge in [0.2, 0.25) is 0 Å². The molecule has 28 heavy (non-hydrogen) atoms. The molecule has 1 aromatic rings. The van der Waals surface area contributed by atoms with E-state index in [4.69, 9.17) is 9.84 Å². The zero-order valence-electron chi connectivity index (χ0n) is 16.6. The van der Waals surface area contributed by atoms with Crippen LogP contribution >= 0.6 is 0 Å². The normalized spacial score (nSPS) is 19.4. The summed E-state index contributed by atoms with van der Waals surface area (Å²) in [7, 11) is 0. The Morgan fingerprint density at radius 2 is 1.89 bits per heavy atom. The number of para-hydroxylation sites is 2. The van der Waals surface area contributed by atoms with Crippen molar-refractivity contribution < 1.29 is 14.6 Å². The van der Waals surface area contributed by atoms with E-state index in [0.717, 1.165) is 58.7 Å². The number of likely N-dealkylation sites (tertiary alicyclic amines) is 1. The van der Waals surface area contributed by atoms with E-state index in [1.807, 2.05) is 29.2 Å². The summed E-state index contributed by atoms with van der Waals surface area (Å²) in [6.07, 6.45) is 3.69. The number of nitrogens with zero attached hydrogens (tertiary/aromatic N) is 3. The molecule has 2 fully saturated rings. The number of rotatable bonds is 7. The number of β-amino-alcohol motifs (C(OH)–C–C–N with tert-alkyl or cyclic N) is 1. The van der Waals surface area contributed by atoms with Gasteiger partial charge in [-0.05, 0) is 25.0 Å². The first-order chi connectivity index (χ1) is 13.7. The smallest absolute Gasteiger partial charge is 0.321 e. The van der Waals surface area contributed by atoms with Gasteiger partial charge in [-0.25, -0.2) is 4.79 Å². The number of benzene rings is 1. The number of anilines is 1. The molecule has 0 aliphatic carbocycles. The number of aliphatic hydroxyl groups is 1. The predicted molar refractivity (Wildman–Crippen MR) is 111 cm³/mol. The lowest BCUT2D eigenvalue weighted by molar-refractivity contribution is 0.0598. The van der Waals surface area contributed by atoms with Crippen LogP contribution in [0.25, 0.3) is 0 Å². The number of carbonyl (C=O) groups excluding carboxylic acids is 1. The van der Waals surface area contributed by atoms with Crippen molar-refractivity contribution in [3.8, 4) is 5.75 Å². The molecule has 0 atom stereocenters. The van der Waals surface area contributed by atoms with Gasteiger partial charge in [0.05, 0.1) is 12.3 Å². The van der Waals surface area contributed by atoms with Crippen molar-refractivity contribution in [3.63, 3.8) is 0 Å². The van der Waals surface area contributed by atoms with Crippen molar-refractivity contribution in [1.29, 1.82) is 0 Å². The Labute approximate surface area is 167 Å². The van der Waals surface area contributed by atoms with Gasteiger partial charge in [0, 0.05) is 51.9 Å². The number of amides is 2. The van der Waals surface area contributed by atoms with Gasteiger partial charge in [-0.3, -0.25) is 9.80 Å². The van der Waals surface area contributed by atoms with Crippen LogP contribution in [0.1, 0.15) is 12.8 Å². The summed E-state index contributed by atoms with van der Waals surface area (Å²) in [5.41, 5.74) is 0.691. The average Bonchev–Trinajstić information content (AvgIpc) is 2.74. The molecular weight excluding hydrogens is 356 g/mol. The fraction of sp³-hybridized carbons (Fsp3) is 0.571. The molecular formula is C21H32N4O3. The first-order valence-electron chi connectivity index (χ1n) is 10.2. The molecule has 0 bridgehead atoms. The number of urea groups is 1. The molecule has 2 saturated heterocycles. The standard InChI is InChI=1S/C21H32N4O3/c1-2-17-28-20-6-4-3-5-19(20)22-21(27)25-9-7-18(8-10-25)24-13-11-23(12-14-24)15-16-26/h2-6,18,26H,1,7-17H2,(H,22,27). The highest BCUT2D eigenvalue weighted by molar-refractivity contribution is 5.91. The Kier molecular flexibility index (Phi) is 7.71. The third-order valence-corrected chi connectivity index (χ3v) is 5.58. The van der Waals surface area contributed by atoms with Gasteiger partial charge < -0.3 is 20.1 Å². The highest BCUT2D eigenvalue weighted by atomic mass is 16.5. The topological polar surface area (TPSA) is 68.3 Å². The molecule has 0 aromatic heterocycles. The lowest BCUT2D eigenvalue weighted by Crippen LogP contribution is -2.54. The van der Waals surface area contributed by atoms with E-state index in [1.54, 1.807) is 6.08 Å². The van der Waals surface area contributed by atoms with Crippen molar-refractivity contribution in [2.24, 2.45) is 0 Å². The zero-order chi connectivity index (χ0) is 19.8. The summed E-state index contributed by atoms with van der Waals surface area (Å²) in [4.78, 5) is 19.4. The van der Waals surface area contributed by atoms with Crippen LogP contribution in [0.3, 0.4) is 0 Å². The van der Waals surface area contributed by atoms with E-state index in [1.165, 1.54) is 0 Å². The maximum Gasteiger partial charge on any atom is 0.321 e. The quantitative estimate of drug-likeness (QED) is 0.698. The summed E-state index contributed by atoms with van der Waals surface area (Å²) in [5, 5.41) is 12.1. The number of carbonyl (C=O) groups is 1. The lowest BCUT2D eigenvalue weighted by atomic mass is 10.0. The van der Waals surface area contributed by atoms with E-state index < -0.39 is 0 Å². The lowest BCUT2D eigenvalue weighted by Gasteiger charge is -2.42. The van der Waals surface area contributed by atoms with Crippen LogP contribution in [0.5, 0.6) is 5.75 Å². The minimum absolute atomic E-state index is 0.0686. The highest BCUT2D eigenvalue weighted by Crippen LogP contribution is 2.25. The number of hydrogen-bond acceptors (Lipinski definition) is 5. The Morgan fingerprint density at radius 3 is 2.57 bits per heavy atom. The van der Waals surface area contributed by atoms with Gasteiger partial charge in [-0.15, -0.1) is 0 Å². The number of ether oxygens (including phenoxy) is 1. The minimum Gasteiger partial charge on any atom is -0.487 e. The van der Waals surface area contributed by atoms with E-state index in [0.29, 0.717) is 24.1 Å². The van der Waals surface area contributed by atoms with Gasteiger partial charge in [0.1, 0.15) is 12.4 Å². The first-order valence-corrected chi connectivity index (χ1v) is 10.2. The van der Waals surface area contributed by atoms with Crippen LogP contribution in [0, 0.1) is 0 Å². The maximum absolute atomic E-state index is 12.7. The van der Waals surface area contributed by atoms with E-state index in [2.05, 4.69) is 21.7 Å². The van der Waals surface area contributed by atoms with Gasteiger partial charge in [0.15, 0.2) is 0 Å². The molecule has 0 saturated carbocycles. The molecule has 2 heterocycles. The number of piperazine rings is 1. The Bertz CT molecular complexity index is 638. The van der Waals surface area contributed by atoms with E-state index >= 15 is 0 Å². The number of aliphatic hydroxyl groups excluding tert-OH is 1. The third kappa shape index (κ3) is 5.47. The van der Waals surface area contributed by atoms with Gasteiger partial charge >= 0.3 is 6.03 Å². The van der Waals surface area contributed by atoms with Gasteiger partial charge in [-0.1, -0.05) is 24.8 Å². The molecule has 1 aromatic carbocycles. The van der Waals surface area contributed by atoms with Crippen LogP contribution in [0.15, 0.2) is 36.9 Å². The van der Waals surface area contributed by atoms with Crippen LogP contribution in [0.2, 0.25) is 0 Å². The van der Waals surface area contributed by atoms with Gasteiger partial charge in [-0.2, -0.15) is 0 Å². The molecule has 7 nitrogen and oxygen atoms in total. The van der Waals surface area contributed by atoms with Crippen molar-refractivity contribution in [2.45, 2.75) is 18.9 Å². The summed E-state index contributed by atoms with van der Waals surface area (Å²) in [6.45, 7) is 10.7. The van der Waals surface area contributed by atoms with Crippen molar-refractivity contribution in [2.75, 3.05) is 64.3 Å². The van der Waals surface area contributed by atoms with Crippen LogP contribution in [-0.2, 0) is 0 Å². The molecule has 2 aliphatic rings. The zero-order valence-corrected chi connectivity index (χ0v) is 16.6.